The van der Waals surface area contributed by atoms with Gasteiger partial charge in [0.1, 0.15) is 0 Å². The first-order valence-corrected chi connectivity index (χ1v) is 8.82. The van der Waals surface area contributed by atoms with Crippen molar-refractivity contribution in [1.29, 1.82) is 0 Å². The highest BCUT2D eigenvalue weighted by atomic mass is 15.3. The Kier molecular flexibility index (Phi) is 5.72. The van der Waals surface area contributed by atoms with Crippen LogP contribution in [0.25, 0.3) is 10.9 Å². The molecular weight excluding hydrogens is 312 g/mol. The maximum atomic E-state index is 4.63. The number of aromatic amines is 1. The summed E-state index contributed by atoms with van der Waals surface area (Å²) in [6.45, 7) is 4.43. The summed E-state index contributed by atoms with van der Waals surface area (Å²) in [7, 11) is 1.94. The summed E-state index contributed by atoms with van der Waals surface area (Å²) < 4.78 is 1.85. The molecule has 1 aromatic carbocycles. The van der Waals surface area contributed by atoms with E-state index in [0.717, 1.165) is 37.6 Å². The Morgan fingerprint density at radius 1 is 1.24 bits per heavy atom. The average molecular weight is 338 g/mol. The molecule has 0 atom stereocenters. The number of nitrogens with one attached hydrogen (secondary N) is 3. The predicted molar refractivity (Wildman–Crippen MR) is 103 cm³/mol. The number of guanidine groups is 1. The standard InChI is InChI=1S/C19H26N6/c1-3-20-19(23-14-16-10-12-24-25(16)2)21-11-6-7-15-13-22-18-9-5-4-8-17(15)18/h4-5,8-10,12-13,22H,3,6-7,11,14H2,1-2H3,(H2,20,21,23). The molecule has 0 fully saturated rings. The fraction of sp³-hybridized carbons (Fsp3) is 0.368. The van der Waals surface area contributed by atoms with Crippen molar-refractivity contribution in [3.05, 3.63) is 54.0 Å². The second-order valence-corrected chi connectivity index (χ2v) is 6.03. The van der Waals surface area contributed by atoms with E-state index in [2.05, 4.69) is 63.1 Å². The molecular formula is C19H26N6. The van der Waals surface area contributed by atoms with E-state index >= 15 is 0 Å². The van der Waals surface area contributed by atoms with E-state index in [1.807, 2.05) is 17.8 Å². The average Bonchev–Trinajstić information content (AvgIpc) is 3.22. The quantitative estimate of drug-likeness (QED) is 0.352. The zero-order valence-corrected chi connectivity index (χ0v) is 14.9. The van der Waals surface area contributed by atoms with E-state index in [1.54, 1.807) is 6.20 Å². The van der Waals surface area contributed by atoms with Crippen LogP contribution in [-0.2, 0) is 20.0 Å². The van der Waals surface area contributed by atoms with Crippen molar-refractivity contribution in [1.82, 2.24) is 25.4 Å². The van der Waals surface area contributed by atoms with Gasteiger partial charge in [0, 0.05) is 43.4 Å². The van der Waals surface area contributed by atoms with Gasteiger partial charge in [-0.15, -0.1) is 0 Å². The Morgan fingerprint density at radius 3 is 2.92 bits per heavy atom. The number of nitrogens with zero attached hydrogens (tertiary/aromatic N) is 3. The Hall–Kier alpha value is -2.76. The largest absolute Gasteiger partial charge is 0.361 e. The molecule has 25 heavy (non-hydrogen) atoms. The zero-order chi connectivity index (χ0) is 17.5. The predicted octanol–water partition coefficient (Wildman–Crippen LogP) is 2.59. The molecule has 0 bridgehead atoms. The van der Waals surface area contributed by atoms with E-state index in [-0.39, 0.29) is 0 Å². The molecule has 3 rings (SSSR count). The maximum absolute atomic E-state index is 4.63. The number of para-hydroxylation sites is 1. The van der Waals surface area contributed by atoms with Crippen LogP contribution in [0.5, 0.6) is 0 Å². The fourth-order valence-electron chi connectivity index (χ4n) is 2.88. The van der Waals surface area contributed by atoms with Crippen molar-refractivity contribution in [3.8, 4) is 0 Å². The van der Waals surface area contributed by atoms with Crippen molar-refractivity contribution in [2.45, 2.75) is 26.3 Å². The van der Waals surface area contributed by atoms with E-state index in [1.165, 1.54) is 16.5 Å². The first-order valence-electron chi connectivity index (χ1n) is 8.82. The van der Waals surface area contributed by atoms with Gasteiger partial charge >= 0.3 is 0 Å². The molecule has 0 amide bonds. The number of H-pyrrole nitrogens is 1. The van der Waals surface area contributed by atoms with Crippen LogP contribution in [0.4, 0.5) is 0 Å². The first kappa shape index (κ1) is 17.1. The summed E-state index contributed by atoms with van der Waals surface area (Å²) in [5.74, 6) is 0.850. The van der Waals surface area contributed by atoms with Crippen molar-refractivity contribution in [2.24, 2.45) is 12.0 Å². The molecule has 0 aliphatic rings. The molecule has 6 heteroatoms. The Labute approximate surface area is 148 Å². The number of fused-ring (bicyclic) bond motifs is 1. The van der Waals surface area contributed by atoms with Crippen molar-refractivity contribution in [3.63, 3.8) is 0 Å². The summed E-state index contributed by atoms with van der Waals surface area (Å²) in [6, 6.07) is 10.4. The molecule has 0 saturated heterocycles. The zero-order valence-electron chi connectivity index (χ0n) is 14.9. The minimum absolute atomic E-state index is 0.619. The Balaban J connectivity index is 1.50. The van der Waals surface area contributed by atoms with Gasteiger partial charge in [0.25, 0.3) is 0 Å². The summed E-state index contributed by atoms with van der Waals surface area (Å²) in [5.41, 5.74) is 3.67. The fourth-order valence-corrected chi connectivity index (χ4v) is 2.88. The molecule has 6 nitrogen and oxygen atoms in total. The highest BCUT2D eigenvalue weighted by molar-refractivity contribution is 5.83. The number of rotatable bonds is 7. The van der Waals surface area contributed by atoms with Gasteiger partial charge in [-0.2, -0.15) is 5.10 Å². The molecule has 0 spiro atoms. The summed E-state index contributed by atoms with van der Waals surface area (Å²) in [4.78, 5) is 7.96. The minimum Gasteiger partial charge on any atom is -0.361 e. The Bertz CT molecular complexity index is 829. The first-order chi connectivity index (χ1) is 12.3. The third-order valence-electron chi connectivity index (χ3n) is 4.26. The molecule has 2 heterocycles. The third kappa shape index (κ3) is 4.41. The second-order valence-electron chi connectivity index (χ2n) is 6.03. The molecule has 0 radical (unpaired) electrons. The van der Waals surface area contributed by atoms with Gasteiger partial charge < -0.3 is 15.6 Å². The molecule has 2 aromatic heterocycles. The van der Waals surface area contributed by atoms with Crippen LogP contribution in [0, 0.1) is 0 Å². The van der Waals surface area contributed by atoms with Crippen molar-refractivity contribution in [2.75, 3.05) is 13.1 Å². The number of aryl methyl sites for hydroxylation is 2. The van der Waals surface area contributed by atoms with Gasteiger partial charge in [-0.25, -0.2) is 4.99 Å². The van der Waals surface area contributed by atoms with Crippen LogP contribution >= 0.6 is 0 Å². The Morgan fingerprint density at radius 2 is 2.12 bits per heavy atom. The van der Waals surface area contributed by atoms with E-state index < -0.39 is 0 Å². The van der Waals surface area contributed by atoms with Gasteiger partial charge in [-0.1, -0.05) is 18.2 Å². The lowest BCUT2D eigenvalue weighted by Gasteiger charge is -2.11. The van der Waals surface area contributed by atoms with E-state index in [9.17, 15) is 0 Å². The summed E-state index contributed by atoms with van der Waals surface area (Å²) in [5, 5.41) is 12.2. The van der Waals surface area contributed by atoms with Gasteiger partial charge in [-0.05, 0) is 37.5 Å². The lowest BCUT2D eigenvalue weighted by molar-refractivity contribution is 0.703. The summed E-state index contributed by atoms with van der Waals surface area (Å²) >= 11 is 0. The molecule has 0 aliphatic carbocycles. The van der Waals surface area contributed by atoms with Crippen molar-refractivity contribution < 1.29 is 0 Å². The van der Waals surface area contributed by atoms with Gasteiger partial charge in [-0.3, -0.25) is 4.68 Å². The maximum Gasteiger partial charge on any atom is 0.191 e. The highest BCUT2D eigenvalue weighted by Gasteiger charge is 2.03. The van der Waals surface area contributed by atoms with Crippen LogP contribution in [0.2, 0.25) is 0 Å². The molecule has 3 N–H and O–H groups in total. The van der Waals surface area contributed by atoms with Gasteiger partial charge in [0.15, 0.2) is 5.96 Å². The van der Waals surface area contributed by atoms with Crippen LogP contribution in [0.1, 0.15) is 24.6 Å². The number of aliphatic imine (C=N–C) groups is 1. The third-order valence-corrected chi connectivity index (χ3v) is 4.26. The second kappa shape index (κ2) is 8.37. The van der Waals surface area contributed by atoms with E-state index in [4.69, 9.17) is 0 Å². The number of hydrogen-bond donors (Lipinski definition) is 3. The van der Waals surface area contributed by atoms with Crippen LogP contribution in [0.15, 0.2) is 47.7 Å². The SMILES string of the molecule is CCNC(=NCc1ccnn1C)NCCCc1c[nH]c2ccccc12. The molecule has 0 saturated carbocycles. The number of aromatic nitrogens is 3. The van der Waals surface area contributed by atoms with E-state index in [0.29, 0.717) is 6.54 Å². The smallest absolute Gasteiger partial charge is 0.191 e. The monoisotopic (exact) mass is 338 g/mol. The number of benzene rings is 1. The van der Waals surface area contributed by atoms with Crippen LogP contribution < -0.4 is 10.6 Å². The lowest BCUT2D eigenvalue weighted by atomic mass is 10.1. The molecule has 0 unspecified atom stereocenters. The van der Waals surface area contributed by atoms with Gasteiger partial charge in [0.2, 0.25) is 0 Å². The van der Waals surface area contributed by atoms with Gasteiger partial charge in [0.05, 0.1) is 12.2 Å². The minimum atomic E-state index is 0.619. The molecule has 0 aliphatic heterocycles. The molecule has 3 aromatic rings. The lowest BCUT2D eigenvalue weighted by Crippen LogP contribution is -2.37. The topological polar surface area (TPSA) is 70.0 Å². The van der Waals surface area contributed by atoms with Crippen LogP contribution in [0.3, 0.4) is 0 Å². The number of hydrogen-bond acceptors (Lipinski definition) is 2. The normalized spacial score (nSPS) is 11.8. The molecule has 132 valence electrons. The van der Waals surface area contributed by atoms with Crippen molar-refractivity contribution >= 4 is 16.9 Å². The summed E-state index contributed by atoms with van der Waals surface area (Å²) in [6.07, 6.45) is 6.01. The van der Waals surface area contributed by atoms with Crippen LogP contribution in [-0.4, -0.2) is 33.8 Å². The highest BCUT2D eigenvalue weighted by Crippen LogP contribution is 2.18.